The predicted octanol–water partition coefficient (Wildman–Crippen LogP) is -3.38. The number of carboxylic acids is 2. The Labute approximate surface area is 86.2 Å². The van der Waals surface area contributed by atoms with Crippen molar-refractivity contribution in [2.24, 2.45) is 0 Å². The molecule has 0 amide bonds. The molecule has 0 unspecified atom stereocenters. The zero-order valence-corrected chi connectivity index (χ0v) is 8.03. The molecule has 0 spiro atoms. The first kappa shape index (κ1) is 13.2. The smallest absolute Gasteiger partial charge is 1.00 e. The second kappa shape index (κ2) is 6.33. The molecule has 5 nitrogen and oxygen atoms in total. The summed E-state index contributed by atoms with van der Waals surface area (Å²) < 4.78 is 0. The fourth-order valence-corrected chi connectivity index (χ4v) is 0.327. The van der Waals surface area contributed by atoms with Crippen molar-refractivity contribution in [1.82, 2.24) is 0 Å². The standard InChI is InChI=1S/C5H6O5.Na.H/c6-3(5(9)10)1-2-4(7)8;;/h1-2H2,(H,7,8)(H,9,10);;/q;+1;-1. The first-order chi connectivity index (χ1) is 4.54. The van der Waals surface area contributed by atoms with Crippen LogP contribution in [-0.4, -0.2) is 27.9 Å². The second-order valence-electron chi connectivity index (χ2n) is 1.62. The molecule has 6 heteroatoms. The van der Waals surface area contributed by atoms with Gasteiger partial charge < -0.3 is 11.6 Å². The number of ketones is 1. The van der Waals surface area contributed by atoms with Crippen LogP contribution in [0.15, 0.2) is 0 Å². The van der Waals surface area contributed by atoms with Gasteiger partial charge in [0.1, 0.15) is 0 Å². The van der Waals surface area contributed by atoms with Crippen molar-refractivity contribution < 1.29 is 55.6 Å². The van der Waals surface area contributed by atoms with Gasteiger partial charge in [-0.15, -0.1) is 0 Å². The summed E-state index contributed by atoms with van der Waals surface area (Å²) in [5.74, 6) is -3.82. The third-order valence-corrected chi connectivity index (χ3v) is 0.804. The van der Waals surface area contributed by atoms with E-state index in [9.17, 15) is 14.4 Å². The van der Waals surface area contributed by atoms with Gasteiger partial charge in [0.2, 0.25) is 5.78 Å². The summed E-state index contributed by atoms with van der Waals surface area (Å²) in [6.45, 7) is 0. The molecule has 0 radical (unpaired) electrons. The maximum atomic E-state index is 10.2. The third kappa shape index (κ3) is 7.51. The van der Waals surface area contributed by atoms with Crippen LogP contribution in [0.3, 0.4) is 0 Å². The number of carbonyl (C=O) groups is 3. The SMILES string of the molecule is O=C(O)CCC(=O)C(=O)O.[H-].[Na+]. The molecule has 0 aromatic rings. The molecular formula is C5H7NaO5. The van der Waals surface area contributed by atoms with E-state index in [2.05, 4.69) is 0 Å². The zero-order valence-electron chi connectivity index (χ0n) is 7.03. The topological polar surface area (TPSA) is 91.7 Å². The summed E-state index contributed by atoms with van der Waals surface area (Å²) in [6, 6.07) is 0. The summed E-state index contributed by atoms with van der Waals surface area (Å²) in [4.78, 5) is 29.7. The average molecular weight is 170 g/mol. The minimum absolute atomic E-state index is 0. The molecule has 0 fully saturated rings. The Morgan fingerprint density at radius 2 is 1.55 bits per heavy atom. The Balaban J connectivity index is -0.000000405. The van der Waals surface area contributed by atoms with Gasteiger partial charge >= 0.3 is 41.5 Å². The number of rotatable bonds is 4. The summed E-state index contributed by atoms with van der Waals surface area (Å²) in [6.07, 6.45) is -0.865. The fraction of sp³-hybridized carbons (Fsp3) is 0.400. The molecule has 0 aliphatic rings. The van der Waals surface area contributed by atoms with Gasteiger partial charge in [0.15, 0.2) is 0 Å². The molecular weight excluding hydrogens is 163 g/mol. The van der Waals surface area contributed by atoms with Crippen LogP contribution >= 0.6 is 0 Å². The molecule has 58 valence electrons. The van der Waals surface area contributed by atoms with Crippen molar-refractivity contribution in [1.29, 1.82) is 0 Å². The van der Waals surface area contributed by atoms with Crippen LogP contribution in [0.1, 0.15) is 14.3 Å². The van der Waals surface area contributed by atoms with Crippen molar-refractivity contribution in [3.05, 3.63) is 0 Å². The van der Waals surface area contributed by atoms with E-state index in [4.69, 9.17) is 10.2 Å². The van der Waals surface area contributed by atoms with Crippen LogP contribution < -0.4 is 29.6 Å². The summed E-state index contributed by atoms with van der Waals surface area (Å²) in [5.41, 5.74) is 0. The molecule has 0 saturated heterocycles. The summed E-state index contributed by atoms with van der Waals surface area (Å²) >= 11 is 0. The Hall–Kier alpha value is -0.390. The fourth-order valence-electron chi connectivity index (χ4n) is 0.327. The molecule has 0 bridgehead atoms. The number of Topliss-reactive ketones (excluding diaryl/α,β-unsaturated/α-hetero) is 1. The van der Waals surface area contributed by atoms with E-state index in [1.165, 1.54) is 0 Å². The molecule has 0 saturated carbocycles. The monoisotopic (exact) mass is 170 g/mol. The Bertz CT molecular complexity index is 181. The van der Waals surface area contributed by atoms with E-state index in [-0.39, 0.29) is 31.0 Å². The van der Waals surface area contributed by atoms with Gasteiger partial charge in [-0.25, -0.2) is 4.79 Å². The first-order valence-corrected chi connectivity index (χ1v) is 2.52. The first-order valence-electron chi connectivity index (χ1n) is 2.52. The number of aliphatic carboxylic acids is 2. The molecule has 0 aromatic carbocycles. The van der Waals surface area contributed by atoms with Crippen molar-refractivity contribution in [3.8, 4) is 0 Å². The molecule has 0 aromatic heterocycles. The van der Waals surface area contributed by atoms with E-state index in [1.807, 2.05) is 0 Å². The van der Waals surface area contributed by atoms with Gasteiger partial charge in [-0.2, -0.15) is 0 Å². The molecule has 0 aliphatic heterocycles. The van der Waals surface area contributed by atoms with Crippen LogP contribution in [0.5, 0.6) is 0 Å². The van der Waals surface area contributed by atoms with Crippen LogP contribution in [0.4, 0.5) is 0 Å². The second-order valence-corrected chi connectivity index (χ2v) is 1.62. The van der Waals surface area contributed by atoms with Crippen LogP contribution in [0, 0.1) is 0 Å². The van der Waals surface area contributed by atoms with Crippen molar-refractivity contribution in [3.63, 3.8) is 0 Å². The van der Waals surface area contributed by atoms with Crippen molar-refractivity contribution >= 4 is 17.7 Å². The average Bonchev–Trinajstić information content (AvgIpc) is 1.82. The van der Waals surface area contributed by atoms with E-state index in [1.54, 1.807) is 0 Å². The molecule has 0 atom stereocenters. The summed E-state index contributed by atoms with van der Waals surface area (Å²) in [7, 11) is 0. The van der Waals surface area contributed by atoms with Gasteiger partial charge in [0.05, 0.1) is 6.42 Å². The van der Waals surface area contributed by atoms with E-state index >= 15 is 0 Å². The van der Waals surface area contributed by atoms with Gasteiger partial charge in [0.25, 0.3) is 0 Å². The normalized spacial score (nSPS) is 8.00. The maximum Gasteiger partial charge on any atom is 1.00 e. The van der Waals surface area contributed by atoms with Crippen molar-refractivity contribution in [2.45, 2.75) is 12.8 Å². The predicted molar refractivity (Wildman–Crippen MR) is 30.6 cm³/mol. The Morgan fingerprint density at radius 3 is 1.82 bits per heavy atom. The number of carboxylic acid groups (broad SMARTS) is 2. The van der Waals surface area contributed by atoms with Crippen LogP contribution in [-0.2, 0) is 14.4 Å². The van der Waals surface area contributed by atoms with Crippen LogP contribution in [0.25, 0.3) is 0 Å². The minimum Gasteiger partial charge on any atom is -1.00 e. The maximum absolute atomic E-state index is 10.2. The van der Waals surface area contributed by atoms with Gasteiger partial charge in [-0.3, -0.25) is 9.59 Å². The third-order valence-electron chi connectivity index (χ3n) is 0.804. The molecule has 0 rings (SSSR count). The van der Waals surface area contributed by atoms with Gasteiger partial charge in [0, 0.05) is 6.42 Å². The molecule has 0 aliphatic carbocycles. The van der Waals surface area contributed by atoms with Gasteiger partial charge in [-0.05, 0) is 0 Å². The molecule has 2 N–H and O–H groups in total. The van der Waals surface area contributed by atoms with Gasteiger partial charge in [-0.1, -0.05) is 0 Å². The minimum atomic E-state index is -1.58. The summed E-state index contributed by atoms with van der Waals surface area (Å²) in [5, 5.41) is 16.0. The largest absolute Gasteiger partial charge is 1.00 e. The molecule has 11 heavy (non-hydrogen) atoms. The Kier molecular flexibility index (Phi) is 7.60. The molecule has 0 heterocycles. The number of carbonyl (C=O) groups excluding carboxylic acids is 1. The van der Waals surface area contributed by atoms with Crippen LogP contribution in [0.2, 0.25) is 0 Å². The van der Waals surface area contributed by atoms with E-state index < -0.39 is 30.6 Å². The quantitative estimate of drug-likeness (QED) is 0.339. The Morgan fingerprint density at radius 1 is 1.09 bits per heavy atom. The van der Waals surface area contributed by atoms with Crippen molar-refractivity contribution in [2.75, 3.05) is 0 Å². The number of hydrogen-bond donors (Lipinski definition) is 2. The number of hydrogen-bond acceptors (Lipinski definition) is 3. The van der Waals surface area contributed by atoms with E-state index in [0.717, 1.165) is 0 Å². The zero-order chi connectivity index (χ0) is 8.15. The van der Waals surface area contributed by atoms with E-state index in [0.29, 0.717) is 0 Å².